The lowest BCUT2D eigenvalue weighted by molar-refractivity contribution is 1.17. The number of aromatic nitrogens is 15. The molecule has 0 fully saturated rings. The predicted molar refractivity (Wildman–Crippen MR) is 565 cm³/mol. The van der Waals surface area contributed by atoms with Gasteiger partial charge in [0.1, 0.15) is 0 Å². The SMILES string of the molecule is c1ccc(-c2cc(-c3ccccc3)nc(-c3ccc(-c4cc(-c5ccc6ccccc6c5)cc(-c5ccccn5)n4)nc3)n2)cc1.c1ccc(-c2cc(-c3ccccc3)nc(-c3ccc(-c4cc(-c5cccc6ccccc56)cc(-c5ccccn5)n4)nc3)n2)cc1.c1ccc(-c2cc(-c3ccccc3)nc(-c3ccc(-c4cc(-c5ccccc5-c5ccccc5)cc(-c5ccccn5)n4)nc3)n2)cc1. The van der Waals surface area contributed by atoms with Crippen molar-refractivity contribution in [1.82, 2.24) is 74.8 Å². The fraction of sp³-hybridized carbons (Fsp3) is 0. The van der Waals surface area contributed by atoms with Crippen molar-refractivity contribution in [3.05, 3.63) is 504 Å². The van der Waals surface area contributed by atoms with Crippen molar-refractivity contribution in [2.24, 2.45) is 0 Å². The first-order valence-electron chi connectivity index (χ1n) is 46.2. The molecule has 140 heavy (non-hydrogen) atoms. The van der Waals surface area contributed by atoms with E-state index in [9.17, 15) is 0 Å². The Morgan fingerprint density at radius 3 is 0.714 bits per heavy atom. The lowest BCUT2D eigenvalue weighted by Crippen LogP contribution is -1.97. The molecule has 12 aromatic carbocycles. The molecule has 24 rings (SSSR count). The highest BCUT2D eigenvalue weighted by Crippen LogP contribution is 2.41. The van der Waals surface area contributed by atoms with Crippen LogP contribution in [0.3, 0.4) is 0 Å². The van der Waals surface area contributed by atoms with Crippen LogP contribution in [0.4, 0.5) is 0 Å². The van der Waals surface area contributed by atoms with E-state index in [2.05, 4.69) is 258 Å². The quantitative estimate of drug-likeness (QED) is 0.0741. The van der Waals surface area contributed by atoms with Gasteiger partial charge in [0.25, 0.3) is 0 Å². The third-order valence-corrected chi connectivity index (χ3v) is 24.2. The Kier molecular flexibility index (Phi) is 24.8. The van der Waals surface area contributed by atoms with Crippen molar-refractivity contribution < 1.29 is 0 Å². The highest BCUT2D eigenvalue weighted by Gasteiger charge is 2.22. The highest BCUT2D eigenvalue weighted by atomic mass is 14.9. The molecule has 0 unspecified atom stereocenters. The van der Waals surface area contributed by atoms with Crippen LogP contribution >= 0.6 is 0 Å². The van der Waals surface area contributed by atoms with Crippen LogP contribution in [-0.4, -0.2) is 74.8 Å². The van der Waals surface area contributed by atoms with E-state index in [4.69, 9.17) is 59.8 Å². The molecule has 15 nitrogen and oxygen atoms in total. The molecule has 0 radical (unpaired) electrons. The van der Waals surface area contributed by atoms with Crippen LogP contribution in [0.5, 0.6) is 0 Å². The van der Waals surface area contributed by atoms with Crippen LogP contribution in [-0.2, 0) is 0 Å². The van der Waals surface area contributed by atoms with Crippen molar-refractivity contribution in [3.63, 3.8) is 0 Å². The van der Waals surface area contributed by atoms with Crippen LogP contribution in [0, 0.1) is 0 Å². The van der Waals surface area contributed by atoms with Crippen molar-refractivity contribution in [3.8, 4) is 215 Å². The second kappa shape index (κ2) is 40.3. The smallest absolute Gasteiger partial charge is 0.161 e. The van der Waals surface area contributed by atoms with Crippen molar-refractivity contribution >= 4 is 21.5 Å². The fourth-order valence-corrected chi connectivity index (χ4v) is 17.2. The van der Waals surface area contributed by atoms with Gasteiger partial charge < -0.3 is 0 Å². The minimum Gasteiger partial charge on any atom is -0.255 e. The molecular weight excluding hydrogens is 1710 g/mol. The molecule has 0 saturated heterocycles. The molecule has 0 amide bonds. The predicted octanol–water partition coefficient (Wildman–Crippen LogP) is 30.0. The Morgan fingerprint density at radius 1 is 0.114 bits per heavy atom. The molecule has 0 aliphatic carbocycles. The zero-order chi connectivity index (χ0) is 93.5. The molecular formula is C125H83N15. The van der Waals surface area contributed by atoms with E-state index in [0.29, 0.717) is 17.5 Å². The third-order valence-electron chi connectivity index (χ3n) is 24.2. The summed E-state index contributed by atoms with van der Waals surface area (Å²) in [6.07, 6.45) is 10.9. The Hall–Kier alpha value is -19.3. The maximum atomic E-state index is 5.06. The van der Waals surface area contributed by atoms with E-state index >= 15 is 0 Å². The standard InChI is InChI=1S/C43H29N5.2C41H27N5/c1-4-14-30(15-5-1)35-20-10-11-21-36(35)34-26-41(37-22-12-13-25-44-37)46-42(27-34)38-24-23-33(29-45-38)43-47-39(31-16-6-2-7-17-31)28-40(48-43)32-18-8-3-9-19-32;1-3-13-29(14-4-1)37-26-38(30-15-5-2-6-16-30)46-41(45-37)31-21-22-36(43-27-31)40-25-32(24-39(44-40)35-20-9-10-23-42-35)34-19-11-17-28-12-7-8-18-33(28)34;1-3-12-29(13-4-1)37-26-38(30-14-5-2-6-15-30)46-41(45-37)33-20-21-36(43-27-33)40-25-34(24-39(44-40)35-17-9-10-22-42-35)32-19-18-28-11-7-8-16-31(28)23-32/h1-29H;2*1-27H. The van der Waals surface area contributed by atoms with Gasteiger partial charge in [-0.25, -0.2) is 44.9 Å². The molecule has 0 saturated carbocycles. The Balaban J connectivity index is 0.000000121. The zero-order valence-electron chi connectivity index (χ0n) is 75.6. The minimum absolute atomic E-state index is 0.613. The second-order valence-electron chi connectivity index (χ2n) is 33.4. The van der Waals surface area contributed by atoms with Gasteiger partial charge in [0.15, 0.2) is 17.5 Å². The zero-order valence-corrected chi connectivity index (χ0v) is 75.6. The molecule has 0 N–H and O–H groups in total. The number of rotatable bonds is 19. The lowest BCUT2D eigenvalue weighted by Gasteiger charge is -2.13. The monoisotopic (exact) mass is 1790 g/mol. The van der Waals surface area contributed by atoms with Gasteiger partial charge in [-0.05, 0) is 200 Å². The van der Waals surface area contributed by atoms with Crippen LogP contribution in [0.2, 0.25) is 0 Å². The number of pyridine rings is 9. The van der Waals surface area contributed by atoms with Gasteiger partial charge in [0.05, 0.1) is 102 Å². The topological polar surface area (TPSA) is 193 Å². The lowest BCUT2D eigenvalue weighted by atomic mass is 9.93. The summed E-state index contributed by atoms with van der Waals surface area (Å²) < 4.78 is 0. The van der Waals surface area contributed by atoms with E-state index in [1.807, 2.05) is 243 Å². The first-order valence-corrected chi connectivity index (χ1v) is 46.2. The van der Waals surface area contributed by atoms with E-state index in [1.54, 1.807) is 18.6 Å². The van der Waals surface area contributed by atoms with Gasteiger partial charge in [-0.1, -0.05) is 334 Å². The van der Waals surface area contributed by atoms with Gasteiger partial charge in [-0.2, -0.15) is 0 Å². The minimum atomic E-state index is 0.613. The molecule has 12 aromatic heterocycles. The molecule has 15 heteroatoms. The molecule has 0 aliphatic rings. The molecule has 0 spiro atoms. The molecule has 0 bridgehead atoms. The number of hydrogen-bond acceptors (Lipinski definition) is 15. The molecule has 0 aliphatic heterocycles. The van der Waals surface area contributed by atoms with Gasteiger partial charge >= 0.3 is 0 Å². The fourth-order valence-electron chi connectivity index (χ4n) is 17.2. The summed E-state index contributed by atoms with van der Waals surface area (Å²) in [6, 6.07) is 158. The van der Waals surface area contributed by atoms with Gasteiger partial charge in [-0.15, -0.1) is 0 Å². The van der Waals surface area contributed by atoms with Crippen LogP contribution in [0.25, 0.3) is 236 Å². The summed E-state index contributed by atoms with van der Waals surface area (Å²) >= 11 is 0. The number of benzene rings is 12. The third kappa shape index (κ3) is 19.5. The maximum absolute atomic E-state index is 5.06. The summed E-state index contributed by atoms with van der Waals surface area (Å²) in [5.41, 5.74) is 31.9. The Labute approximate surface area is 809 Å². The van der Waals surface area contributed by atoms with Crippen LogP contribution in [0.1, 0.15) is 0 Å². The summed E-state index contributed by atoms with van der Waals surface area (Å²) in [6.45, 7) is 0. The molecule has 12 heterocycles. The maximum Gasteiger partial charge on any atom is 0.161 e. The number of fused-ring (bicyclic) bond motifs is 2. The Bertz CT molecular complexity index is 8280. The number of nitrogens with zero attached hydrogens (tertiary/aromatic N) is 15. The molecule has 0 atom stereocenters. The highest BCUT2D eigenvalue weighted by molar-refractivity contribution is 5.98. The van der Waals surface area contributed by atoms with E-state index < -0.39 is 0 Å². The van der Waals surface area contributed by atoms with Crippen LogP contribution in [0.15, 0.2) is 504 Å². The second-order valence-corrected chi connectivity index (χ2v) is 33.4. The normalized spacial score (nSPS) is 11.0. The molecule has 658 valence electrons. The molecule has 24 aromatic rings. The summed E-state index contributed by atoms with van der Waals surface area (Å²) in [5.74, 6) is 1.85. The summed E-state index contributed by atoms with van der Waals surface area (Å²) in [4.78, 5) is 73.4. The first-order chi connectivity index (χ1) is 69.3. The van der Waals surface area contributed by atoms with Crippen LogP contribution < -0.4 is 0 Å². The Morgan fingerprint density at radius 2 is 0.379 bits per heavy atom. The average Bonchev–Trinajstić information content (AvgIpc) is 0.784. The van der Waals surface area contributed by atoms with Gasteiger partial charge in [0, 0.05) is 87.3 Å². The van der Waals surface area contributed by atoms with Crippen molar-refractivity contribution in [2.75, 3.05) is 0 Å². The average molecular weight is 1800 g/mol. The number of hydrogen-bond donors (Lipinski definition) is 0. The first kappa shape index (κ1) is 86.2. The summed E-state index contributed by atoms with van der Waals surface area (Å²) in [7, 11) is 0. The van der Waals surface area contributed by atoms with Crippen molar-refractivity contribution in [1.29, 1.82) is 0 Å². The van der Waals surface area contributed by atoms with E-state index in [1.165, 1.54) is 21.5 Å². The van der Waals surface area contributed by atoms with E-state index in [-0.39, 0.29) is 0 Å². The largest absolute Gasteiger partial charge is 0.255 e. The summed E-state index contributed by atoms with van der Waals surface area (Å²) in [5, 5.41) is 4.76. The van der Waals surface area contributed by atoms with E-state index in [0.717, 1.165) is 197 Å². The van der Waals surface area contributed by atoms with Crippen molar-refractivity contribution in [2.45, 2.75) is 0 Å². The van der Waals surface area contributed by atoms with Gasteiger partial charge in [-0.3, -0.25) is 29.9 Å². The van der Waals surface area contributed by atoms with Gasteiger partial charge in [0.2, 0.25) is 0 Å².